The number of allylic oxidation sites excluding steroid dienone is 1. The first-order chi connectivity index (χ1) is 11.1. The van der Waals surface area contributed by atoms with Crippen molar-refractivity contribution in [1.82, 2.24) is 0 Å². The van der Waals surface area contributed by atoms with E-state index >= 15 is 0 Å². The van der Waals surface area contributed by atoms with Gasteiger partial charge in [0.2, 0.25) is 0 Å². The van der Waals surface area contributed by atoms with Crippen LogP contribution in [-0.4, -0.2) is 17.5 Å². The molecule has 2 nitrogen and oxygen atoms in total. The highest BCUT2D eigenvalue weighted by Crippen LogP contribution is 2.43. The molecule has 1 radical (unpaired) electrons. The highest BCUT2D eigenvalue weighted by molar-refractivity contribution is 6.33. The van der Waals surface area contributed by atoms with E-state index in [1.165, 1.54) is 29.5 Å². The van der Waals surface area contributed by atoms with Gasteiger partial charge in [-0.25, -0.2) is 0 Å². The topological polar surface area (TPSA) is 40.5 Å². The second-order valence-corrected chi connectivity index (χ2v) is 6.35. The first-order valence-electron chi connectivity index (χ1n) is 8.19. The summed E-state index contributed by atoms with van der Waals surface area (Å²) in [5.74, 6) is 1.19. The molecule has 0 aromatic heterocycles. The average Bonchev–Trinajstić information content (AvgIpc) is 3.35. The number of benzene rings is 2. The van der Waals surface area contributed by atoms with Gasteiger partial charge in [0.25, 0.3) is 0 Å². The first kappa shape index (κ1) is 15.7. The van der Waals surface area contributed by atoms with Crippen molar-refractivity contribution in [3.8, 4) is 11.5 Å². The van der Waals surface area contributed by atoms with E-state index in [1.807, 2.05) is 31.1 Å². The van der Waals surface area contributed by atoms with Crippen molar-refractivity contribution in [3.63, 3.8) is 0 Å². The van der Waals surface area contributed by atoms with Gasteiger partial charge in [-0.05, 0) is 77.8 Å². The fourth-order valence-corrected chi connectivity index (χ4v) is 3.02. The van der Waals surface area contributed by atoms with Crippen LogP contribution in [0.2, 0.25) is 6.82 Å². The fraction of sp³-hybridized carbons (Fsp3) is 0.300. The minimum Gasteiger partial charge on any atom is -0.508 e. The van der Waals surface area contributed by atoms with Gasteiger partial charge in [-0.2, -0.15) is 0 Å². The maximum absolute atomic E-state index is 10.0. The lowest BCUT2D eigenvalue weighted by Gasteiger charge is -2.12. The van der Waals surface area contributed by atoms with Gasteiger partial charge < -0.3 is 10.2 Å². The summed E-state index contributed by atoms with van der Waals surface area (Å²) >= 11 is 0. The van der Waals surface area contributed by atoms with Crippen molar-refractivity contribution < 1.29 is 10.2 Å². The second-order valence-electron chi connectivity index (χ2n) is 6.35. The summed E-state index contributed by atoms with van der Waals surface area (Å²) in [7, 11) is 2.11. The van der Waals surface area contributed by atoms with Crippen molar-refractivity contribution >= 4 is 18.9 Å². The number of rotatable bonds is 5. The summed E-state index contributed by atoms with van der Waals surface area (Å²) in [6.07, 6.45) is 5.48. The van der Waals surface area contributed by atoms with Gasteiger partial charge in [-0.15, -0.1) is 0 Å². The molecule has 1 aliphatic carbocycles. The molecule has 117 valence electrons. The van der Waals surface area contributed by atoms with E-state index in [9.17, 15) is 10.2 Å². The van der Waals surface area contributed by atoms with Crippen molar-refractivity contribution in [1.29, 1.82) is 0 Å². The molecule has 0 atom stereocenters. The molecule has 0 unspecified atom stereocenters. The molecule has 0 aliphatic heterocycles. The van der Waals surface area contributed by atoms with E-state index in [0.717, 1.165) is 17.4 Å². The maximum atomic E-state index is 10.0. The molecular weight excluding hydrogens is 283 g/mol. The lowest BCUT2D eigenvalue weighted by atomic mass is 9.73. The Morgan fingerprint density at radius 3 is 2.43 bits per heavy atom. The average molecular weight is 305 g/mol. The number of aromatic hydroxyl groups is 2. The van der Waals surface area contributed by atoms with E-state index in [1.54, 1.807) is 12.1 Å². The second kappa shape index (κ2) is 6.53. The molecule has 2 N–H and O–H groups in total. The molecule has 3 heteroatoms. The SMILES string of the molecule is C[B]Cc1cc(O)cc(/C=C(/c2ccc(O)cc2)C2CC2)c1C. The Balaban J connectivity index is 2.05. The third-order valence-corrected chi connectivity index (χ3v) is 4.49. The summed E-state index contributed by atoms with van der Waals surface area (Å²) in [4.78, 5) is 0. The van der Waals surface area contributed by atoms with E-state index in [0.29, 0.717) is 17.4 Å². The fourth-order valence-electron chi connectivity index (χ4n) is 3.02. The van der Waals surface area contributed by atoms with Crippen LogP contribution >= 0.6 is 0 Å². The smallest absolute Gasteiger partial charge is 0.116 e. The summed E-state index contributed by atoms with van der Waals surface area (Å²) in [5.41, 5.74) is 5.91. The molecule has 0 amide bonds. The Morgan fingerprint density at radius 1 is 1.13 bits per heavy atom. The van der Waals surface area contributed by atoms with Crippen LogP contribution in [0, 0.1) is 12.8 Å². The normalized spacial score (nSPS) is 14.8. The van der Waals surface area contributed by atoms with Crippen LogP contribution < -0.4 is 0 Å². The highest BCUT2D eigenvalue weighted by atomic mass is 16.3. The minimum atomic E-state index is 0.290. The Morgan fingerprint density at radius 2 is 1.83 bits per heavy atom. The van der Waals surface area contributed by atoms with Crippen LogP contribution in [0.3, 0.4) is 0 Å². The van der Waals surface area contributed by atoms with Crippen LogP contribution in [0.4, 0.5) is 0 Å². The van der Waals surface area contributed by atoms with Gasteiger partial charge in [-0.3, -0.25) is 0 Å². The van der Waals surface area contributed by atoms with Crippen LogP contribution in [0.1, 0.15) is 35.1 Å². The number of hydrogen-bond donors (Lipinski definition) is 2. The Kier molecular flexibility index (Phi) is 4.47. The monoisotopic (exact) mass is 305 g/mol. The zero-order chi connectivity index (χ0) is 16.4. The lowest BCUT2D eigenvalue weighted by molar-refractivity contribution is 0.474. The quantitative estimate of drug-likeness (QED) is 0.625. The van der Waals surface area contributed by atoms with Crippen molar-refractivity contribution in [3.05, 3.63) is 58.7 Å². The van der Waals surface area contributed by atoms with Crippen molar-refractivity contribution in [2.75, 3.05) is 0 Å². The lowest BCUT2D eigenvalue weighted by Crippen LogP contribution is -1.97. The van der Waals surface area contributed by atoms with Crippen LogP contribution in [0.15, 0.2) is 36.4 Å². The Labute approximate surface area is 138 Å². The molecule has 3 rings (SSSR count). The summed E-state index contributed by atoms with van der Waals surface area (Å²) < 4.78 is 0. The van der Waals surface area contributed by atoms with Gasteiger partial charge in [0.1, 0.15) is 18.8 Å². The summed E-state index contributed by atoms with van der Waals surface area (Å²) in [6, 6.07) is 11.1. The molecule has 0 bridgehead atoms. The van der Waals surface area contributed by atoms with Crippen LogP contribution in [0.25, 0.3) is 11.6 Å². The zero-order valence-corrected chi connectivity index (χ0v) is 13.7. The minimum absolute atomic E-state index is 0.290. The van der Waals surface area contributed by atoms with Gasteiger partial charge in [0.05, 0.1) is 0 Å². The number of hydrogen-bond acceptors (Lipinski definition) is 2. The predicted molar refractivity (Wildman–Crippen MR) is 96.9 cm³/mol. The largest absolute Gasteiger partial charge is 0.508 e. The summed E-state index contributed by atoms with van der Waals surface area (Å²) in [5, 5.41) is 19.5. The molecule has 2 aromatic rings. The Bertz CT molecular complexity index is 728. The Hall–Kier alpha value is -2.16. The van der Waals surface area contributed by atoms with E-state index in [2.05, 4.69) is 20.3 Å². The first-order valence-corrected chi connectivity index (χ1v) is 8.19. The van der Waals surface area contributed by atoms with Crippen LogP contribution in [0.5, 0.6) is 11.5 Å². The standard InChI is InChI=1S/C20H22BO2/c1-13-16(9-19(23)10-17(13)12-21-2)11-20(14-3-4-14)15-5-7-18(22)8-6-15/h5-11,14,22-23H,3-4,12H2,1-2H3/b20-11+. The van der Waals surface area contributed by atoms with Crippen molar-refractivity contribution in [2.24, 2.45) is 5.92 Å². The molecule has 1 fully saturated rings. The molecule has 23 heavy (non-hydrogen) atoms. The predicted octanol–water partition coefficient (Wildman–Crippen LogP) is 4.61. The van der Waals surface area contributed by atoms with Gasteiger partial charge in [-0.1, -0.05) is 31.4 Å². The highest BCUT2D eigenvalue weighted by Gasteiger charge is 2.27. The molecular formula is C20H22BO2. The van der Waals surface area contributed by atoms with E-state index in [4.69, 9.17) is 0 Å². The molecule has 0 saturated heterocycles. The van der Waals surface area contributed by atoms with E-state index < -0.39 is 0 Å². The third kappa shape index (κ3) is 3.61. The van der Waals surface area contributed by atoms with Gasteiger partial charge in [0, 0.05) is 0 Å². The maximum Gasteiger partial charge on any atom is 0.116 e. The molecule has 1 saturated carbocycles. The molecule has 2 aromatic carbocycles. The molecule has 0 heterocycles. The number of phenols is 2. The molecule has 0 spiro atoms. The molecule has 1 aliphatic rings. The van der Waals surface area contributed by atoms with Gasteiger partial charge >= 0.3 is 0 Å². The van der Waals surface area contributed by atoms with Gasteiger partial charge in [0.15, 0.2) is 0 Å². The van der Waals surface area contributed by atoms with Crippen molar-refractivity contribution in [2.45, 2.75) is 32.9 Å². The number of phenolic OH excluding ortho intramolecular Hbond substituents is 2. The summed E-state index contributed by atoms with van der Waals surface area (Å²) in [6.45, 7) is 4.15. The van der Waals surface area contributed by atoms with E-state index in [-0.39, 0.29) is 0 Å². The zero-order valence-electron chi connectivity index (χ0n) is 13.7. The van der Waals surface area contributed by atoms with Crippen LogP contribution in [-0.2, 0) is 6.32 Å². The third-order valence-electron chi connectivity index (χ3n) is 4.49.